The molecule has 0 heterocycles. The molecular formula is C8H8O2. The fraction of sp³-hybridized carbons (Fsp3) is 0.125. The second kappa shape index (κ2) is 2.14. The number of carbonyl (C=O) groups excluding carboxylic acids is 1. The number of Topliss-reactive ketones (excluding diaryl/α,β-unsaturated/α-hetero) is 1. The number of rotatable bonds is 1. The van der Waals surface area contributed by atoms with E-state index in [1.807, 2.05) is 0 Å². The molecule has 2 nitrogen and oxygen atoms in total. The number of aliphatic hydroxyl groups excluding tert-OH is 1. The van der Waals surface area contributed by atoms with Crippen LogP contribution in [0.4, 0.5) is 0 Å². The van der Waals surface area contributed by atoms with Gasteiger partial charge in [0.25, 0.3) is 0 Å². The molecule has 0 bridgehead atoms. The topological polar surface area (TPSA) is 37.3 Å². The Morgan fingerprint density at radius 3 is 2.50 bits per heavy atom. The van der Waals surface area contributed by atoms with Crippen LogP contribution in [0, 0.1) is 0 Å². The Bertz CT molecular complexity index is 256. The molecule has 1 rings (SSSR count). The predicted octanol–water partition coefficient (Wildman–Crippen LogP) is 1.51. The van der Waals surface area contributed by atoms with E-state index in [2.05, 4.69) is 6.58 Å². The predicted molar refractivity (Wildman–Crippen MR) is 38.6 cm³/mol. The maximum atomic E-state index is 10.9. The van der Waals surface area contributed by atoms with Gasteiger partial charge in [-0.1, -0.05) is 18.7 Å². The molecule has 0 aliphatic heterocycles. The van der Waals surface area contributed by atoms with Gasteiger partial charge < -0.3 is 5.11 Å². The van der Waals surface area contributed by atoms with Gasteiger partial charge >= 0.3 is 0 Å². The Kier molecular flexibility index (Phi) is 1.45. The lowest BCUT2D eigenvalue weighted by molar-refractivity contribution is -0.113. The highest BCUT2D eigenvalue weighted by atomic mass is 16.3. The smallest absolute Gasteiger partial charge is 0.200 e. The summed E-state index contributed by atoms with van der Waals surface area (Å²) >= 11 is 0. The average molecular weight is 136 g/mol. The van der Waals surface area contributed by atoms with Crippen molar-refractivity contribution in [2.24, 2.45) is 0 Å². The van der Waals surface area contributed by atoms with E-state index in [4.69, 9.17) is 5.11 Å². The summed E-state index contributed by atoms with van der Waals surface area (Å²) in [5.74, 6) is -0.0440. The first-order chi connectivity index (χ1) is 4.72. The maximum absolute atomic E-state index is 10.9. The Balaban J connectivity index is 3.10. The molecule has 0 saturated heterocycles. The Labute approximate surface area is 59.2 Å². The Hall–Kier alpha value is -1.31. The summed E-state index contributed by atoms with van der Waals surface area (Å²) < 4.78 is 0. The lowest BCUT2D eigenvalue weighted by Gasteiger charge is -2.17. The van der Waals surface area contributed by atoms with Crippen LogP contribution in [0.5, 0.6) is 0 Å². The molecule has 1 aliphatic rings. The van der Waals surface area contributed by atoms with Crippen molar-refractivity contribution < 1.29 is 9.90 Å². The van der Waals surface area contributed by atoms with E-state index in [-0.39, 0.29) is 11.5 Å². The summed E-state index contributed by atoms with van der Waals surface area (Å²) in [5, 5.41) is 9.06. The molecule has 0 aromatic heterocycles. The summed E-state index contributed by atoms with van der Waals surface area (Å²) in [6.45, 7) is 5.10. The van der Waals surface area contributed by atoms with Gasteiger partial charge in [0.15, 0.2) is 5.78 Å². The van der Waals surface area contributed by atoms with Crippen LogP contribution in [0.1, 0.15) is 6.92 Å². The first-order valence-electron chi connectivity index (χ1n) is 2.99. The summed E-state index contributed by atoms with van der Waals surface area (Å²) in [6, 6.07) is 0. The molecule has 0 spiro atoms. The molecule has 0 unspecified atom stereocenters. The van der Waals surface area contributed by atoms with Crippen LogP contribution in [-0.4, -0.2) is 10.9 Å². The number of aliphatic hydroxyl groups is 1. The molecule has 0 amide bonds. The molecular weight excluding hydrogens is 128 g/mol. The molecule has 52 valence electrons. The Morgan fingerprint density at radius 2 is 2.20 bits per heavy atom. The van der Waals surface area contributed by atoms with Gasteiger partial charge in [0.05, 0.1) is 11.1 Å². The minimum absolute atomic E-state index is 0.0718. The van der Waals surface area contributed by atoms with Crippen molar-refractivity contribution in [2.75, 3.05) is 0 Å². The summed E-state index contributed by atoms with van der Waals surface area (Å²) in [7, 11) is 0. The van der Waals surface area contributed by atoms with E-state index in [0.29, 0.717) is 11.1 Å². The zero-order valence-corrected chi connectivity index (χ0v) is 5.72. The highest BCUT2D eigenvalue weighted by molar-refractivity contribution is 6.20. The normalized spacial score (nSPS) is 21.3. The van der Waals surface area contributed by atoms with Gasteiger partial charge in [0.1, 0.15) is 5.76 Å². The highest BCUT2D eigenvalue weighted by Crippen LogP contribution is 2.28. The summed E-state index contributed by atoms with van der Waals surface area (Å²) in [6.07, 6.45) is 2.95. The monoisotopic (exact) mass is 136 g/mol. The SMILES string of the molecule is C=CC1=C(O)/C(=C/C)C1=O. The standard InChI is InChI=1S/C8H8O2/c1-3-5-7(9)6(4-2)8(5)10/h3-4,9H,1H2,2H3/b6-4-. The van der Waals surface area contributed by atoms with E-state index in [1.165, 1.54) is 6.08 Å². The van der Waals surface area contributed by atoms with Gasteiger partial charge in [-0.15, -0.1) is 0 Å². The lowest BCUT2D eigenvalue weighted by atomic mass is 9.88. The van der Waals surface area contributed by atoms with E-state index < -0.39 is 0 Å². The molecule has 0 radical (unpaired) electrons. The molecule has 0 atom stereocenters. The van der Waals surface area contributed by atoms with Gasteiger partial charge in [-0.25, -0.2) is 0 Å². The molecule has 2 heteroatoms. The molecule has 0 saturated carbocycles. The van der Waals surface area contributed by atoms with Gasteiger partial charge in [0, 0.05) is 0 Å². The second-order valence-electron chi connectivity index (χ2n) is 2.00. The van der Waals surface area contributed by atoms with Gasteiger partial charge in [0.2, 0.25) is 0 Å². The number of allylic oxidation sites excluding steroid dienone is 4. The second-order valence-corrected chi connectivity index (χ2v) is 2.00. The van der Waals surface area contributed by atoms with Crippen molar-refractivity contribution in [3.05, 3.63) is 35.6 Å². The van der Waals surface area contributed by atoms with E-state index in [1.54, 1.807) is 13.0 Å². The van der Waals surface area contributed by atoms with Crippen molar-refractivity contribution in [3.8, 4) is 0 Å². The van der Waals surface area contributed by atoms with Crippen LogP contribution >= 0.6 is 0 Å². The van der Waals surface area contributed by atoms with Gasteiger partial charge in [-0.05, 0) is 6.92 Å². The summed E-state index contributed by atoms with van der Waals surface area (Å²) in [4.78, 5) is 10.9. The van der Waals surface area contributed by atoms with Gasteiger partial charge in [-0.2, -0.15) is 0 Å². The number of ketones is 1. The molecule has 10 heavy (non-hydrogen) atoms. The minimum atomic E-state index is -0.116. The van der Waals surface area contributed by atoms with E-state index in [0.717, 1.165) is 0 Å². The van der Waals surface area contributed by atoms with Crippen LogP contribution in [0.2, 0.25) is 0 Å². The molecule has 0 aromatic rings. The van der Waals surface area contributed by atoms with Crippen LogP contribution < -0.4 is 0 Å². The third kappa shape index (κ3) is 0.620. The zero-order valence-electron chi connectivity index (χ0n) is 5.72. The number of carbonyl (C=O) groups is 1. The van der Waals surface area contributed by atoms with Crippen molar-refractivity contribution in [3.63, 3.8) is 0 Å². The number of hydrogen-bond acceptors (Lipinski definition) is 2. The van der Waals surface area contributed by atoms with Crippen molar-refractivity contribution in [1.82, 2.24) is 0 Å². The van der Waals surface area contributed by atoms with Crippen molar-refractivity contribution >= 4 is 5.78 Å². The lowest BCUT2D eigenvalue weighted by Crippen LogP contribution is -2.20. The van der Waals surface area contributed by atoms with Crippen molar-refractivity contribution in [2.45, 2.75) is 6.92 Å². The third-order valence-electron chi connectivity index (χ3n) is 1.49. The van der Waals surface area contributed by atoms with Gasteiger partial charge in [-0.3, -0.25) is 4.79 Å². The Morgan fingerprint density at radius 1 is 1.60 bits per heavy atom. The molecule has 1 aliphatic carbocycles. The molecule has 0 aromatic carbocycles. The average Bonchev–Trinajstić information content (AvgIpc) is 1.90. The quantitative estimate of drug-likeness (QED) is 0.555. The number of hydrogen-bond donors (Lipinski definition) is 1. The van der Waals surface area contributed by atoms with Crippen LogP contribution in [0.3, 0.4) is 0 Å². The maximum Gasteiger partial charge on any atom is 0.200 e. The largest absolute Gasteiger partial charge is 0.506 e. The van der Waals surface area contributed by atoms with E-state index in [9.17, 15) is 4.79 Å². The van der Waals surface area contributed by atoms with Crippen LogP contribution in [-0.2, 0) is 4.79 Å². The first-order valence-corrected chi connectivity index (χ1v) is 2.99. The fourth-order valence-corrected chi connectivity index (χ4v) is 0.900. The molecule has 0 fully saturated rings. The van der Waals surface area contributed by atoms with Crippen molar-refractivity contribution in [1.29, 1.82) is 0 Å². The fourth-order valence-electron chi connectivity index (χ4n) is 0.900. The highest BCUT2D eigenvalue weighted by Gasteiger charge is 2.30. The zero-order chi connectivity index (χ0) is 7.72. The van der Waals surface area contributed by atoms with Crippen LogP contribution in [0.15, 0.2) is 35.6 Å². The van der Waals surface area contributed by atoms with Crippen LogP contribution in [0.25, 0.3) is 0 Å². The minimum Gasteiger partial charge on any atom is -0.506 e. The summed E-state index contributed by atoms with van der Waals surface area (Å²) in [5.41, 5.74) is 0.725. The van der Waals surface area contributed by atoms with E-state index >= 15 is 0 Å². The third-order valence-corrected chi connectivity index (χ3v) is 1.49. The molecule has 1 N–H and O–H groups in total. The first kappa shape index (κ1) is 6.81.